The minimum atomic E-state index is -0.983. The Morgan fingerprint density at radius 3 is 1.19 bits per heavy atom. The molecular weight excluding hydrogens is 2050 g/mol. The number of carboxylic acids is 1. The standard InChI is InChI=1S/C21H27NO2S3.C21H19NO2S2.C19H22N2O3S2.C19H22N2O2S3.C19H15NO3S.C3H6.W/c1-5-6-7-8-9-12-22-18(23)17(24-20(22)25)19-26-15-11-10-14(21(2,3)4)13-16(15)27-19;1-21(2,3)12-9-10-15-16(11-12)26-20(25-15)17-18(23)13-7-5-6-8-14(13)22(4)19(17)24;2*1-6-20-15(22)14(16(23)21(7-2)18(20)24)17-25-12-9-8-11(19(3,4)5)10-13(12)26-17;1-2-20-13-9-5-6-10-14(13)24-18(20)16-15(19(22)23)11-7-3-4-8-12(11)17(16)21;1-3-2;/h10-11,13H,5-9,12H2,1-4H3;5-11H,1-4H3;2*8-10H,6-7H2,1-5H3;3-10,15H,2H2,1H3,(H,22,23);1-2H3;/b19-17-;20-17-;;;18-16-;;. The number of likely N-dealkylation sites (N-methyl/N-ethyl adjacent to an activating group) is 5. The molecular formula is C102H111N7O12S11W. The summed E-state index contributed by atoms with van der Waals surface area (Å²) in [6.07, 6.45) is 5.75. The number of hydrogen-bond acceptors (Lipinski definition) is 23. The van der Waals surface area contributed by atoms with Crippen LogP contribution < -0.4 is 9.80 Å². The normalized spacial score (nSPS) is 19.0. The second-order valence-corrected chi connectivity index (χ2v) is 50.5. The van der Waals surface area contributed by atoms with E-state index in [4.69, 9.17) is 29.2 Å². The number of nitrogens with zero attached hydrogens (tertiary/aromatic N) is 7. The van der Waals surface area contributed by atoms with Gasteiger partial charge in [-0.05, 0) is 188 Å². The van der Waals surface area contributed by atoms with Crippen LogP contribution in [0.15, 0.2) is 240 Å². The molecule has 19 nitrogen and oxygen atoms in total. The van der Waals surface area contributed by atoms with Crippen molar-refractivity contribution in [3.63, 3.8) is 0 Å². The van der Waals surface area contributed by atoms with Crippen molar-refractivity contribution < 1.29 is 77.1 Å². The molecule has 0 bridgehead atoms. The summed E-state index contributed by atoms with van der Waals surface area (Å²) < 4.78 is 10.3. The fraction of sp³-hybridized carbons (Fsp3) is 0.363. The quantitative estimate of drug-likeness (QED) is 0.0519. The number of fused-ring (bicyclic) bond motifs is 7. The Morgan fingerprint density at radius 2 is 0.767 bits per heavy atom. The zero-order valence-corrected chi connectivity index (χ0v) is 90.6. The van der Waals surface area contributed by atoms with Crippen LogP contribution in [0.1, 0.15) is 225 Å². The number of unbranched alkanes of at least 4 members (excludes halogenated alkanes) is 4. The predicted molar refractivity (Wildman–Crippen MR) is 551 cm³/mol. The Balaban J connectivity index is 0.000000148. The van der Waals surface area contributed by atoms with Crippen molar-refractivity contribution in [1.29, 1.82) is 0 Å². The van der Waals surface area contributed by atoms with Crippen LogP contribution in [0.2, 0.25) is 0 Å². The molecule has 10 aliphatic rings. The zero-order chi connectivity index (χ0) is 97.1. The first-order valence-corrected chi connectivity index (χ1v) is 53.9. The number of aliphatic carboxylic acids is 1. The molecule has 133 heavy (non-hydrogen) atoms. The Morgan fingerprint density at radius 1 is 0.398 bits per heavy atom. The number of thiocarbonyl (C=S) groups is 2. The number of carboxylic acid groups (broad SMARTS) is 1. The number of hydrogen-bond donors (Lipinski definition) is 1. The van der Waals surface area contributed by atoms with Crippen LogP contribution in [-0.4, -0.2) is 149 Å². The summed E-state index contributed by atoms with van der Waals surface area (Å²) in [6.45, 7) is 44.5. The monoisotopic (exact) mass is 2160 g/mol. The second-order valence-electron chi connectivity index (χ2n) is 36.4. The molecule has 1 aliphatic carbocycles. The number of ketones is 2. The van der Waals surface area contributed by atoms with Gasteiger partial charge in [0.15, 0.2) is 10.9 Å². The van der Waals surface area contributed by atoms with E-state index in [2.05, 4.69) is 171 Å². The number of carbonyl (C=O) groups excluding carboxylic acids is 9. The number of barbiturate groups is 1. The Bertz CT molecular complexity index is 5950. The van der Waals surface area contributed by atoms with E-state index in [1.807, 2.05) is 74.2 Å². The molecule has 1 unspecified atom stereocenters. The van der Waals surface area contributed by atoms with Gasteiger partial charge in [-0.15, -0.1) is 0 Å². The molecule has 17 rings (SSSR count). The molecule has 1 atom stereocenters. The molecule has 3 fully saturated rings. The second kappa shape index (κ2) is 43.4. The van der Waals surface area contributed by atoms with E-state index in [1.165, 1.54) is 147 Å². The maximum absolute atomic E-state index is 13.0. The van der Waals surface area contributed by atoms with Crippen molar-refractivity contribution in [1.82, 2.24) is 24.5 Å². The van der Waals surface area contributed by atoms with Crippen LogP contribution in [-0.2, 0) is 79.3 Å². The summed E-state index contributed by atoms with van der Waals surface area (Å²) in [4.78, 5) is 148. The van der Waals surface area contributed by atoms with E-state index in [0.717, 1.165) is 80.3 Å². The number of ether oxygens (including phenoxy) is 1. The van der Waals surface area contributed by atoms with Crippen LogP contribution in [0.25, 0.3) is 0 Å². The molecule has 698 valence electrons. The number of carbonyl (C=O) groups is 10. The predicted octanol–water partition coefficient (Wildman–Crippen LogP) is 25.0. The van der Waals surface area contributed by atoms with Crippen molar-refractivity contribution in [2.45, 2.75) is 242 Å². The summed E-state index contributed by atoms with van der Waals surface area (Å²) in [6, 6.07) is 47.2. The van der Waals surface area contributed by atoms with Gasteiger partial charge < -0.3 is 19.6 Å². The maximum atomic E-state index is 13.0. The molecule has 8 amide bonds. The SMILES string of the molecule is CCCCCCCN1C(=O)/C(=C2\Sc3ccc(C(C)(C)C)cc3S2)OC1=S.CCN1/C(=C2/C(=O)c3ccccc3C2C(=O)O)Sc2ccccc21.CCN1C(=O)C(=C2Sc3ccc(C(C)(C)C)cc3S2)C(=O)N(CC)C1=O.CCN1C(=O)C(=C2Sc3ccc(C(C)(C)C)cc3S2)C(=O)N(CC)C1=S.CN1C(=O)/C(=C2/Sc3ccc(C(C)(C)C)cc3S2)C(=O)c2ccccc21.C[C](C)=[W]. The van der Waals surface area contributed by atoms with E-state index in [-0.39, 0.29) is 86.7 Å². The molecule has 3 saturated heterocycles. The number of thioether (sulfide) groups is 9. The van der Waals surface area contributed by atoms with Gasteiger partial charge in [0.2, 0.25) is 11.5 Å². The molecule has 7 aromatic carbocycles. The number of amides is 8. The summed E-state index contributed by atoms with van der Waals surface area (Å²) in [5, 5.41) is 11.1. The first-order chi connectivity index (χ1) is 62.8. The van der Waals surface area contributed by atoms with Gasteiger partial charge in [-0.3, -0.25) is 67.7 Å². The van der Waals surface area contributed by atoms with Crippen LogP contribution in [0.3, 0.4) is 0 Å². The van der Waals surface area contributed by atoms with Gasteiger partial charge in [-0.1, -0.05) is 294 Å². The van der Waals surface area contributed by atoms with Crippen LogP contribution in [0, 0.1) is 0 Å². The third-order valence-electron chi connectivity index (χ3n) is 22.7. The van der Waals surface area contributed by atoms with E-state index >= 15 is 0 Å². The third kappa shape index (κ3) is 22.6. The number of urea groups is 1. The molecule has 0 radical (unpaired) electrons. The number of anilines is 2. The van der Waals surface area contributed by atoms with Gasteiger partial charge in [0, 0.05) is 107 Å². The fourth-order valence-corrected chi connectivity index (χ4v) is 27.4. The first-order valence-electron chi connectivity index (χ1n) is 44.2. The summed E-state index contributed by atoms with van der Waals surface area (Å²) >= 11 is 25.9. The number of imide groups is 2. The fourth-order valence-electron chi connectivity index (χ4n) is 15.3. The van der Waals surface area contributed by atoms with Crippen molar-refractivity contribution in [2.24, 2.45) is 0 Å². The molecule has 0 aromatic heterocycles. The number of para-hydroxylation sites is 2. The molecule has 9 heterocycles. The van der Waals surface area contributed by atoms with Gasteiger partial charge in [-0.2, -0.15) is 0 Å². The average molecular weight is 2160 g/mol. The van der Waals surface area contributed by atoms with E-state index in [0.29, 0.717) is 74.4 Å². The summed E-state index contributed by atoms with van der Waals surface area (Å²) in [5.74, 6) is -3.72. The van der Waals surface area contributed by atoms with E-state index in [9.17, 15) is 53.1 Å². The van der Waals surface area contributed by atoms with Crippen LogP contribution in [0.4, 0.5) is 16.2 Å². The number of benzene rings is 7. The molecule has 1 N–H and O–H groups in total. The van der Waals surface area contributed by atoms with Gasteiger partial charge in [0.25, 0.3) is 40.6 Å². The molecule has 0 saturated carbocycles. The van der Waals surface area contributed by atoms with Crippen molar-refractivity contribution in [3.8, 4) is 0 Å². The van der Waals surface area contributed by atoms with Gasteiger partial charge in [-0.25, -0.2) is 4.79 Å². The van der Waals surface area contributed by atoms with Crippen molar-refractivity contribution >= 4 is 215 Å². The van der Waals surface area contributed by atoms with Crippen molar-refractivity contribution in [2.75, 3.05) is 56.1 Å². The Hall–Kier alpha value is -7.97. The minimum absolute atomic E-state index is 0.0249. The van der Waals surface area contributed by atoms with Gasteiger partial charge in [0.05, 0.1) is 33.4 Å². The Labute approximate surface area is 841 Å². The van der Waals surface area contributed by atoms with Gasteiger partial charge >= 0.3 is 49.1 Å². The zero-order valence-electron chi connectivity index (χ0n) is 78.7. The third-order valence-corrected chi connectivity index (χ3v) is 34.8. The molecule has 0 spiro atoms. The Kier molecular flexibility index (Phi) is 33.9. The summed E-state index contributed by atoms with van der Waals surface area (Å²) in [7, 11) is 1.73. The topological polar surface area (TPSA) is 223 Å². The van der Waals surface area contributed by atoms with Crippen LogP contribution in [0.5, 0.6) is 0 Å². The number of Topliss-reactive ketones (excluding diaryl/α,β-unsaturated/α-hetero) is 2. The van der Waals surface area contributed by atoms with Gasteiger partial charge in [0.1, 0.15) is 22.6 Å². The van der Waals surface area contributed by atoms with E-state index in [1.54, 1.807) is 104 Å². The van der Waals surface area contributed by atoms with E-state index < -0.39 is 29.7 Å². The summed E-state index contributed by atoms with van der Waals surface area (Å²) in [5.41, 5.74) is 9.63. The van der Waals surface area contributed by atoms with Crippen molar-refractivity contribution in [3.05, 3.63) is 235 Å². The molecule has 31 heteroatoms. The number of rotatable bonds is 12. The average Bonchev–Trinajstić information content (AvgIpc) is 1.55. The molecule has 7 aromatic rings. The molecule has 9 aliphatic heterocycles. The first kappa shape index (κ1) is 104. The van der Waals surface area contributed by atoms with Crippen LogP contribution >= 0.6 is 130 Å².